The molecule has 1 saturated heterocycles. The number of ether oxygens (including phenoxy) is 1. The highest BCUT2D eigenvalue weighted by atomic mass is 32.1. The first-order valence-electron chi connectivity index (χ1n) is 8.88. The lowest BCUT2D eigenvalue weighted by Crippen LogP contribution is -2.31. The largest absolute Gasteiger partial charge is 0.465 e. The van der Waals surface area contributed by atoms with Crippen molar-refractivity contribution in [3.63, 3.8) is 0 Å². The Morgan fingerprint density at radius 1 is 1.33 bits per heavy atom. The molecule has 0 aliphatic carbocycles. The van der Waals surface area contributed by atoms with Gasteiger partial charge in [0.05, 0.1) is 35.6 Å². The maximum Gasteiger partial charge on any atom is 0.337 e. The molecule has 27 heavy (non-hydrogen) atoms. The molecule has 1 aromatic heterocycles. The number of aryl methyl sites for hydroxylation is 1. The van der Waals surface area contributed by atoms with Crippen LogP contribution in [0.15, 0.2) is 24.4 Å². The smallest absolute Gasteiger partial charge is 0.337 e. The van der Waals surface area contributed by atoms with Gasteiger partial charge in [-0.25, -0.2) is 14.6 Å². The number of esters is 1. The summed E-state index contributed by atoms with van der Waals surface area (Å²) in [6.45, 7) is 4.30. The SMILES string of the molecule is COC(=O)c1ccc(N2CCCC2)c(NC(=O)N(C)Cc2cnc(C)s2)c1. The first-order chi connectivity index (χ1) is 13.0. The highest BCUT2D eigenvalue weighted by Crippen LogP contribution is 2.30. The molecule has 1 N–H and O–H groups in total. The average Bonchev–Trinajstić information content (AvgIpc) is 3.32. The van der Waals surface area contributed by atoms with E-state index in [-0.39, 0.29) is 6.03 Å². The molecule has 0 spiro atoms. The monoisotopic (exact) mass is 388 g/mol. The van der Waals surface area contributed by atoms with E-state index in [2.05, 4.69) is 15.2 Å². The number of urea groups is 1. The molecule has 7 nitrogen and oxygen atoms in total. The number of hydrogen-bond donors (Lipinski definition) is 1. The van der Waals surface area contributed by atoms with Crippen molar-refractivity contribution in [2.24, 2.45) is 0 Å². The van der Waals surface area contributed by atoms with Gasteiger partial charge in [-0.15, -0.1) is 11.3 Å². The summed E-state index contributed by atoms with van der Waals surface area (Å²) < 4.78 is 4.81. The Kier molecular flexibility index (Phi) is 5.95. The quantitative estimate of drug-likeness (QED) is 0.794. The summed E-state index contributed by atoms with van der Waals surface area (Å²) in [5, 5.41) is 3.93. The van der Waals surface area contributed by atoms with E-state index in [0.717, 1.165) is 41.5 Å². The lowest BCUT2D eigenvalue weighted by molar-refractivity contribution is 0.0600. The fourth-order valence-electron chi connectivity index (χ4n) is 3.11. The fraction of sp³-hybridized carbons (Fsp3) is 0.421. The van der Waals surface area contributed by atoms with Crippen molar-refractivity contribution in [3.8, 4) is 0 Å². The Labute approximate surface area is 162 Å². The number of carbonyl (C=O) groups is 2. The molecule has 3 rings (SSSR count). The number of anilines is 2. The molecule has 2 amide bonds. The number of carbonyl (C=O) groups excluding carboxylic acids is 2. The van der Waals surface area contributed by atoms with E-state index in [4.69, 9.17) is 4.74 Å². The minimum Gasteiger partial charge on any atom is -0.465 e. The van der Waals surface area contributed by atoms with Gasteiger partial charge in [-0.05, 0) is 38.0 Å². The number of thiazole rings is 1. The van der Waals surface area contributed by atoms with Crippen LogP contribution in [0.2, 0.25) is 0 Å². The third-order valence-electron chi connectivity index (χ3n) is 4.51. The van der Waals surface area contributed by atoms with Gasteiger partial charge in [0.15, 0.2) is 0 Å². The fourth-order valence-corrected chi connectivity index (χ4v) is 3.96. The number of methoxy groups -OCH3 is 1. The zero-order valence-electron chi connectivity index (χ0n) is 15.8. The predicted molar refractivity (Wildman–Crippen MR) is 107 cm³/mol. The Morgan fingerprint density at radius 3 is 2.70 bits per heavy atom. The second-order valence-corrected chi connectivity index (χ2v) is 7.87. The molecule has 1 aromatic carbocycles. The minimum absolute atomic E-state index is 0.233. The van der Waals surface area contributed by atoms with Crippen LogP contribution in [0.5, 0.6) is 0 Å². The van der Waals surface area contributed by atoms with E-state index in [1.807, 2.05) is 13.0 Å². The van der Waals surface area contributed by atoms with Gasteiger partial charge >= 0.3 is 12.0 Å². The summed E-state index contributed by atoms with van der Waals surface area (Å²) in [5.41, 5.74) is 1.96. The highest BCUT2D eigenvalue weighted by Gasteiger charge is 2.20. The molecule has 0 saturated carbocycles. The van der Waals surface area contributed by atoms with Gasteiger partial charge in [-0.2, -0.15) is 0 Å². The molecule has 8 heteroatoms. The Balaban J connectivity index is 1.79. The number of aromatic nitrogens is 1. The summed E-state index contributed by atoms with van der Waals surface area (Å²) in [6, 6.07) is 5.06. The summed E-state index contributed by atoms with van der Waals surface area (Å²) in [4.78, 5) is 33.7. The number of hydrogen-bond acceptors (Lipinski definition) is 6. The van der Waals surface area contributed by atoms with Crippen LogP contribution in [0.3, 0.4) is 0 Å². The Bertz CT molecular complexity index is 830. The second-order valence-electron chi connectivity index (χ2n) is 6.55. The number of rotatable bonds is 5. The highest BCUT2D eigenvalue weighted by molar-refractivity contribution is 7.11. The number of benzene rings is 1. The van der Waals surface area contributed by atoms with E-state index in [1.54, 1.807) is 41.6 Å². The molecule has 0 radical (unpaired) electrons. The van der Waals surface area contributed by atoms with Gasteiger partial charge in [0, 0.05) is 31.2 Å². The lowest BCUT2D eigenvalue weighted by Gasteiger charge is -2.24. The average molecular weight is 388 g/mol. The van der Waals surface area contributed by atoms with E-state index < -0.39 is 5.97 Å². The molecule has 0 bridgehead atoms. The van der Waals surface area contributed by atoms with Crippen LogP contribution in [0.1, 0.15) is 33.1 Å². The lowest BCUT2D eigenvalue weighted by atomic mass is 10.1. The van der Waals surface area contributed by atoms with Crippen LogP contribution in [-0.2, 0) is 11.3 Å². The van der Waals surface area contributed by atoms with Crippen molar-refractivity contribution in [3.05, 3.63) is 39.8 Å². The van der Waals surface area contributed by atoms with Crippen molar-refractivity contribution in [1.82, 2.24) is 9.88 Å². The van der Waals surface area contributed by atoms with Gasteiger partial charge in [0.2, 0.25) is 0 Å². The summed E-state index contributed by atoms with van der Waals surface area (Å²) >= 11 is 1.57. The zero-order valence-corrected chi connectivity index (χ0v) is 16.6. The molecular weight excluding hydrogens is 364 g/mol. The molecule has 0 unspecified atom stereocenters. The van der Waals surface area contributed by atoms with Crippen molar-refractivity contribution in [1.29, 1.82) is 0 Å². The predicted octanol–water partition coefficient (Wildman–Crippen LogP) is 3.50. The Hall–Kier alpha value is -2.61. The maximum atomic E-state index is 12.7. The third-order valence-corrected chi connectivity index (χ3v) is 5.41. The van der Waals surface area contributed by atoms with Crippen molar-refractivity contribution >= 4 is 34.7 Å². The van der Waals surface area contributed by atoms with E-state index >= 15 is 0 Å². The molecule has 144 valence electrons. The van der Waals surface area contributed by atoms with Gasteiger partial charge in [0.25, 0.3) is 0 Å². The van der Waals surface area contributed by atoms with Crippen LogP contribution in [0.4, 0.5) is 16.2 Å². The van der Waals surface area contributed by atoms with Gasteiger partial charge < -0.3 is 19.9 Å². The summed E-state index contributed by atoms with van der Waals surface area (Å²) in [7, 11) is 3.09. The maximum absolute atomic E-state index is 12.7. The molecule has 2 aromatic rings. The number of amides is 2. The Morgan fingerprint density at radius 2 is 2.07 bits per heavy atom. The molecule has 1 aliphatic heterocycles. The van der Waals surface area contributed by atoms with Crippen molar-refractivity contribution in [2.45, 2.75) is 26.3 Å². The normalized spacial score (nSPS) is 13.5. The first kappa shape index (κ1) is 19.2. The van der Waals surface area contributed by atoms with Gasteiger partial charge in [-0.1, -0.05) is 0 Å². The molecule has 2 heterocycles. The first-order valence-corrected chi connectivity index (χ1v) is 9.70. The van der Waals surface area contributed by atoms with Crippen LogP contribution in [0.25, 0.3) is 0 Å². The van der Waals surface area contributed by atoms with Crippen molar-refractivity contribution in [2.75, 3.05) is 37.5 Å². The van der Waals surface area contributed by atoms with E-state index in [1.165, 1.54) is 7.11 Å². The third kappa shape index (κ3) is 4.57. The van der Waals surface area contributed by atoms with Crippen molar-refractivity contribution < 1.29 is 14.3 Å². The molecule has 1 aliphatic rings. The van der Waals surface area contributed by atoms with Gasteiger partial charge in [0.1, 0.15) is 0 Å². The van der Waals surface area contributed by atoms with Gasteiger partial charge in [-0.3, -0.25) is 0 Å². The van der Waals surface area contributed by atoms with E-state index in [9.17, 15) is 9.59 Å². The number of nitrogens with one attached hydrogen (secondary N) is 1. The topological polar surface area (TPSA) is 74.8 Å². The van der Waals surface area contributed by atoms with Crippen LogP contribution >= 0.6 is 11.3 Å². The van der Waals surface area contributed by atoms with Crippen LogP contribution in [-0.4, -0.2) is 49.1 Å². The van der Waals surface area contributed by atoms with Crippen LogP contribution in [0, 0.1) is 6.92 Å². The molecule has 0 atom stereocenters. The molecule has 1 fully saturated rings. The summed E-state index contributed by atoms with van der Waals surface area (Å²) in [6.07, 6.45) is 4.03. The second kappa shape index (κ2) is 8.39. The summed E-state index contributed by atoms with van der Waals surface area (Å²) in [5.74, 6) is -0.424. The van der Waals surface area contributed by atoms with Crippen LogP contribution < -0.4 is 10.2 Å². The number of nitrogens with zero attached hydrogens (tertiary/aromatic N) is 3. The standard InChI is InChI=1S/C19H24N4O3S/c1-13-20-11-15(27-13)12-22(2)19(25)21-16-10-14(18(24)26-3)6-7-17(16)23-8-4-5-9-23/h6-7,10-11H,4-5,8-9,12H2,1-3H3,(H,21,25). The molecular formula is C19H24N4O3S. The van der Waals surface area contributed by atoms with E-state index in [0.29, 0.717) is 17.8 Å². The zero-order chi connectivity index (χ0) is 19.4. The minimum atomic E-state index is -0.424.